The first kappa shape index (κ1) is 34.8. The van der Waals surface area contributed by atoms with Crippen LogP contribution in [0.3, 0.4) is 0 Å². The maximum Gasteiger partial charge on any atom is 0.164 e. The molecule has 0 N–H and O–H groups in total. The number of imidazole rings is 1. The number of benzene rings is 7. The molecule has 0 aliphatic carbocycles. The van der Waals surface area contributed by atoms with Crippen LogP contribution >= 0.6 is 0 Å². The normalized spacial score (nSPS) is 11.3. The molecule has 0 unspecified atom stereocenters. The van der Waals surface area contributed by atoms with Crippen LogP contribution in [-0.4, -0.2) is 28.9 Å². The van der Waals surface area contributed by atoms with Gasteiger partial charge in [-0.25, -0.2) is 19.9 Å². The van der Waals surface area contributed by atoms with Crippen molar-refractivity contribution in [3.8, 4) is 79.4 Å². The molecule has 0 amide bonds. The van der Waals surface area contributed by atoms with E-state index in [1.807, 2.05) is 108 Å². The van der Waals surface area contributed by atoms with Crippen molar-refractivity contribution in [2.45, 2.75) is 0 Å². The van der Waals surface area contributed by atoms with Crippen LogP contribution in [0.15, 0.2) is 200 Å². The Balaban J connectivity index is 1.10. The summed E-state index contributed by atoms with van der Waals surface area (Å²) in [5.74, 6) is 1.84. The van der Waals surface area contributed by atoms with Crippen LogP contribution < -0.4 is 0 Å². The van der Waals surface area contributed by atoms with Crippen molar-refractivity contribution in [2.24, 2.45) is 0 Å². The standard InChI is InChI=1S/C53H33N7/c54-34-48-50(55-49-25-12-13-30-59(48)49)40-22-14-21-38(31-40)39-26-28-43-42-23-10-11-24-45(42)60(47(43)33-39)46-29-27-41(32-44(46)35-15-4-1-5-16-35)53-57-51(36-17-6-2-7-18-36)56-52(58-53)37-19-8-3-9-20-37/h1-33H. The van der Waals surface area contributed by atoms with Gasteiger partial charge in [0.1, 0.15) is 17.4 Å². The molecule has 11 aromatic rings. The highest BCUT2D eigenvalue weighted by atomic mass is 15.0. The summed E-state index contributed by atoms with van der Waals surface area (Å²) in [6, 6.07) is 68.9. The zero-order chi connectivity index (χ0) is 40.0. The molecular weight excluding hydrogens is 735 g/mol. The van der Waals surface area contributed by atoms with Crippen LogP contribution in [0.1, 0.15) is 5.69 Å². The smallest absolute Gasteiger partial charge is 0.164 e. The van der Waals surface area contributed by atoms with E-state index in [-0.39, 0.29) is 0 Å². The summed E-state index contributed by atoms with van der Waals surface area (Å²) < 4.78 is 4.21. The van der Waals surface area contributed by atoms with Gasteiger partial charge < -0.3 is 4.57 Å². The lowest BCUT2D eigenvalue weighted by molar-refractivity contribution is 1.07. The monoisotopic (exact) mass is 767 g/mol. The predicted octanol–water partition coefficient (Wildman–Crippen LogP) is 12.5. The van der Waals surface area contributed by atoms with E-state index >= 15 is 0 Å². The second-order valence-corrected chi connectivity index (χ2v) is 14.7. The summed E-state index contributed by atoms with van der Waals surface area (Å²) in [5, 5.41) is 12.5. The lowest BCUT2D eigenvalue weighted by Crippen LogP contribution is -2.02. The van der Waals surface area contributed by atoms with Crippen molar-refractivity contribution in [2.75, 3.05) is 0 Å². The van der Waals surface area contributed by atoms with Gasteiger partial charge in [-0.1, -0.05) is 146 Å². The molecule has 0 bridgehead atoms. The molecule has 7 aromatic carbocycles. The summed E-state index contributed by atoms with van der Waals surface area (Å²) in [4.78, 5) is 19.9. The minimum Gasteiger partial charge on any atom is -0.309 e. The molecule has 0 aliphatic rings. The van der Waals surface area contributed by atoms with E-state index in [1.165, 1.54) is 0 Å². The molecule has 60 heavy (non-hydrogen) atoms. The van der Waals surface area contributed by atoms with E-state index in [0.29, 0.717) is 28.9 Å². The molecule has 0 fully saturated rings. The van der Waals surface area contributed by atoms with Crippen molar-refractivity contribution in [1.29, 1.82) is 5.26 Å². The van der Waals surface area contributed by atoms with Gasteiger partial charge in [0.2, 0.25) is 0 Å². The van der Waals surface area contributed by atoms with Crippen LogP contribution in [0.25, 0.3) is 101 Å². The fourth-order valence-electron chi connectivity index (χ4n) is 8.22. The average Bonchev–Trinajstić information content (AvgIpc) is 3.87. The SMILES string of the molecule is N#Cc1c(-c2cccc(-c3ccc4c5ccccc5n(-c5ccc(-c6nc(-c7ccccc7)nc(-c7ccccc7)n6)cc5-c5ccccc5)c4c3)c2)nc2ccccn12. The molecule has 0 saturated carbocycles. The van der Waals surface area contributed by atoms with E-state index in [2.05, 4.69) is 108 Å². The number of nitriles is 1. The Morgan fingerprint density at radius 3 is 1.68 bits per heavy atom. The quantitative estimate of drug-likeness (QED) is 0.161. The maximum atomic E-state index is 10.2. The molecule has 7 nitrogen and oxygen atoms in total. The Hall–Kier alpha value is -8.47. The van der Waals surface area contributed by atoms with Gasteiger partial charge in [-0.15, -0.1) is 0 Å². The number of fused-ring (bicyclic) bond motifs is 4. The minimum absolute atomic E-state index is 0.514. The molecule has 4 heterocycles. The van der Waals surface area contributed by atoms with Crippen molar-refractivity contribution in [3.63, 3.8) is 0 Å². The van der Waals surface area contributed by atoms with E-state index in [1.54, 1.807) is 0 Å². The average molecular weight is 768 g/mol. The summed E-state index contributed by atoms with van der Waals surface area (Å²) >= 11 is 0. The molecule has 0 saturated heterocycles. The van der Waals surface area contributed by atoms with Gasteiger partial charge in [0.15, 0.2) is 23.2 Å². The summed E-state index contributed by atoms with van der Waals surface area (Å²) in [6.07, 6.45) is 1.88. The second-order valence-electron chi connectivity index (χ2n) is 14.7. The molecule has 0 spiro atoms. The molecular formula is C53H33N7. The Labute approximate surface area is 345 Å². The third-order valence-corrected chi connectivity index (χ3v) is 11.1. The van der Waals surface area contributed by atoms with Crippen molar-refractivity contribution < 1.29 is 0 Å². The highest BCUT2D eigenvalue weighted by Gasteiger charge is 2.20. The Morgan fingerprint density at radius 1 is 0.400 bits per heavy atom. The lowest BCUT2D eigenvalue weighted by Gasteiger charge is -2.16. The van der Waals surface area contributed by atoms with Crippen LogP contribution in [0.2, 0.25) is 0 Å². The predicted molar refractivity (Wildman–Crippen MR) is 240 cm³/mol. The van der Waals surface area contributed by atoms with Gasteiger partial charge in [0.25, 0.3) is 0 Å². The fourth-order valence-corrected chi connectivity index (χ4v) is 8.22. The van der Waals surface area contributed by atoms with Crippen LogP contribution in [0.4, 0.5) is 0 Å². The zero-order valence-electron chi connectivity index (χ0n) is 32.2. The summed E-state index contributed by atoms with van der Waals surface area (Å²) in [6.45, 7) is 0. The van der Waals surface area contributed by atoms with Gasteiger partial charge in [-0.3, -0.25) is 4.40 Å². The zero-order valence-corrected chi connectivity index (χ0v) is 32.2. The minimum atomic E-state index is 0.514. The van der Waals surface area contributed by atoms with Gasteiger partial charge in [0.05, 0.1) is 16.7 Å². The van der Waals surface area contributed by atoms with Crippen LogP contribution in [-0.2, 0) is 0 Å². The van der Waals surface area contributed by atoms with Gasteiger partial charge in [-0.2, -0.15) is 5.26 Å². The van der Waals surface area contributed by atoms with Crippen LogP contribution in [0.5, 0.6) is 0 Å². The fraction of sp³-hybridized carbons (Fsp3) is 0. The lowest BCUT2D eigenvalue weighted by atomic mass is 9.99. The number of aromatic nitrogens is 6. The maximum absolute atomic E-state index is 10.2. The summed E-state index contributed by atoms with van der Waals surface area (Å²) in [7, 11) is 0. The third-order valence-electron chi connectivity index (χ3n) is 11.1. The molecule has 11 rings (SSSR count). The highest BCUT2D eigenvalue weighted by molar-refractivity contribution is 6.11. The van der Waals surface area contributed by atoms with Crippen molar-refractivity contribution >= 4 is 27.5 Å². The van der Waals surface area contributed by atoms with E-state index in [4.69, 9.17) is 19.9 Å². The third kappa shape index (κ3) is 5.99. The summed E-state index contributed by atoms with van der Waals surface area (Å²) in [5.41, 5.74) is 13.0. The number of pyridine rings is 1. The van der Waals surface area contributed by atoms with E-state index in [0.717, 1.165) is 77.6 Å². The molecule has 0 aliphatic heterocycles. The first-order valence-corrected chi connectivity index (χ1v) is 19.8. The number of hydrogen-bond donors (Lipinski definition) is 0. The number of rotatable bonds is 7. The van der Waals surface area contributed by atoms with Crippen molar-refractivity contribution in [3.05, 3.63) is 206 Å². The Bertz CT molecular complexity index is 3380. The molecule has 0 atom stereocenters. The first-order chi connectivity index (χ1) is 29.7. The largest absolute Gasteiger partial charge is 0.309 e. The second kappa shape index (κ2) is 14.5. The molecule has 4 aromatic heterocycles. The number of hydrogen-bond acceptors (Lipinski definition) is 5. The highest BCUT2D eigenvalue weighted by Crippen LogP contribution is 2.40. The van der Waals surface area contributed by atoms with E-state index < -0.39 is 0 Å². The number of nitrogens with zero attached hydrogens (tertiary/aromatic N) is 7. The first-order valence-electron chi connectivity index (χ1n) is 19.8. The molecule has 280 valence electrons. The van der Waals surface area contributed by atoms with Gasteiger partial charge in [-0.05, 0) is 65.2 Å². The molecule has 7 heteroatoms. The van der Waals surface area contributed by atoms with Gasteiger partial charge in [0, 0.05) is 44.8 Å². The van der Waals surface area contributed by atoms with Crippen molar-refractivity contribution in [1.82, 2.24) is 28.9 Å². The molecule has 0 radical (unpaired) electrons. The van der Waals surface area contributed by atoms with Gasteiger partial charge >= 0.3 is 0 Å². The Kier molecular flexibility index (Phi) is 8.39. The van der Waals surface area contributed by atoms with E-state index in [9.17, 15) is 5.26 Å². The topological polar surface area (TPSA) is 84.7 Å². The Morgan fingerprint density at radius 2 is 0.967 bits per heavy atom. The number of para-hydroxylation sites is 1. The van der Waals surface area contributed by atoms with Crippen LogP contribution in [0, 0.1) is 11.3 Å².